The number of amides is 2. The molecule has 1 aromatic heterocycles. The standard InChI is InChI=1S/C22H30N4O3/c1-2-7-19-24-21(29-25-19)13-12-20(27)23-16-17-8-10-18(11-9-17)22(28)26-14-5-3-4-6-15-26/h8-11H,2-7,12-16H2,1H3,(H,23,27). The van der Waals surface area contributed by atoms with E-state index in [2.05, 4.69) is 22.4 Å². The second-order valence-electron chi connectivity index (χ2n) is 7.53. The van der Waals surface area contributed by atoms with Gasteiger partial charge in [0.25, 0.3) is 5.91 Å². The lowest BCUT2D eigenvalue weighted by atomic mass is 10.1. The van der Waals surface area contributed by atoms with Crippen LogP contribution >= 0.6 is 0 Å². The number of hydrogen-bond donors (Lipinski definition) is 1. The molecule has 1 fully saturated rings. The fourth-order valence-electron chi connectivity index (χ4n) is 3.45. The van der Waals surface area contributed by atoms with Crippen LogP contribution in [-0.4, -0.2) is 39.9 Å². The van der Waals surface area contributed by atoms with E-state index in [0.717, 1.165) is 44.3 Å². The molecule has 1 saturated heterocycles. The smallest absolute Gasteiger partial charge is 0.253 e. The predicted molar refractivity (Wildman–Crippen MR) is 109 cm³/mol. The molecule has 3 rings (SSSR count). The molecule has 2 amide bonds. The van der Waals surface area contributed by atoms with Crippen molar-refractivity contribution in [2.45, 2.75) is 64.8 Å². The van der Waals surface area contributed by atoms with Crippen LogP contribution in [0.2, 0.25) is 0 Å². The van der Waals surface area contributed by atoms with Gasteiger partial charge in [-0.1, -0.05) is 37.1 Å². The molecular weight excluding hydrogens is 368 g/mol. The fraction of sp³-hybridized carbons (Fsp3) is 0.545. The molecule has 29 heavy (non-hydrogen) atoms. The lowest BCUT2D eigenvalue weighted by Gasteiger charge is -2.20. The third-order valence-corrected chi connectivity index (χ3v) is 5.13. The van der Waals surface area contributed by atoms with Crippen molar-refractivity contribution < 1.29 is 14.1 Å². The summed E-state index contributed by atoms with van der Waals surface area (Å²) in [5.74, 6) is 1.23. The van der Waals surface area contributed by atoms with E-state index in [9.17, 15) is 9.59 Å². The monoisotopic (exact) mass is 398 g/mol. The quantitative estimate of drug-likeness (QED) is 0.737. The summed E-state index contributed by atoms with van der Waals surface area (Å²) in [6, 6.07) is 7.51. The van der Waals surface area contributed by atoms with Crippen molar-refractivity contribution in [2.75, 3.05) is 13.1 Å². The van der Waals surface area contributed by atoms with Crippen LogP contribution in [0.25, 0.3) is 0 Å². The molecule has 1 N–H and O–H groups in total. The lowest BCUT2D eigenvalue weighted by Crippen LogP contribution is -2.31. The zero-order valence-electron chi connectivity index (χ0n) is 17.2. The number of rotatable bonds is 8. The van der Waals surface area contributed by atoms with Gasteiger partial charge >= 0.3 is 0 Å². The molecule has 0 saturated carbocycles. The number of likely N-dealkylation sites (tertiary alicyclic amines) is 1. The van der Waals surface area contributed by atoms with E-state index >= 15 is 0 Å². The van der Waals surface area contributed by atoms with E-state index in [0.29, 0.717) is 36.7 Å². The van der Waals surface area contributed by atoms with Gasteiger partial charge in [-0.3, -0.25) is 9.59 Å². The zero-order chi connectivity index (χ0) is 20.5. The van der Waals surface area contributed by atoms with Crippen molar-refractivity contribution >= 4 is 11.8 Å². The molecule has 1 aliphatic heterocycles. The molecule has 2 aromatic rings. The van der Waals surface area contributed by atoms with E-state index in [4.69, 9.17) is 4.52 Å². The van der Waals surface area contributed by atoms with Gasteiger partial charge in [0.2, 0.25) is 11.8 Å². The second kappa shape index (κ2) is 10.7. The topological polar surface area (TPSA) is 88.3 Å². The SMILES string of the molecule is CCCc1noc(CCC(=O)NCc2ccc(C(=O)N3CCCCCC3)cc2)n1. The van der Waals surface area contributed by atoms with Crippen molar-refractivity contribution in [3.63, 3.8) is 0 Å². The first-order valence-corrected chi connectivity index (χ1v) is 10.6. The molecule has 2 heterocycles. The van der Waals surface area contributed by atoms with Crippen LogP contribution in [0.15, 0.2) is 28.8 Å². The number of carbonyl (C=O) groups is 2. The summed E-state index contributed by atoms with van der Waals surface area (Å²) in [5, 5.41) is 6.79. The Hall–Kier alpha value is -2.70. The van der Waals surface area contributed by atoms with E-state index in [-0.39, 0.29) is 11.8 Å². The van der Waals surface area contributed by atoms with Crippen molar-refractivity contribution in [3.8, 4) is 0 Å². The van der Waals surface area contributed by atoms with E-state index in [1.165, 1.54) is 12.8 Å². The van der Waals surface area contributed by atoms with Gasteiger partial charge in [0.05, 0.1) is 0 Å². The molecule has 7 nitrogen and oxygen atoms in total. The Labute approximate surface area is 171 Å². The molecule has 0 bridgehead atoms. The van der Waals surface area contributed by atoms with Gasteiger partial charge < -0.3 is 14.7 Å². The van der Waals surface area contributed by atoms with Gasteiger partial charge in [-0.25, -0.2) is 0 Å². The lowest BCUT2D eigenvalue weighted by molar-refractivity contribution is -0.121. The van der Waals surface area contributed by atoms with Gasteiger partial charge in [-0.2, -0.15) is 4.98 Å². The van der Waals surface area contributed by atoms with Crippen LogP contribution in [0.4, 0.5) is 0 Å². The normalized spacial score (nSPS) is 14.4. The number of carbonyl (C=O) groups excluding carboxylic acids is 2. The van der Waals surface area contributed by atoms with Crippen LogP contribution < -0.4 is 5.32 Å². The average molecular weight is 399 g/mol. The van der Waals surface area contributed by atoms with Gasteiger partial charge in [-0.15, -0.1) is 0 Å². The number of nitrogens with zero attached hydrogens (tertiary/aromatic N) is 3. The summed E-state index contributed by atoms with van der Waals surface area (Å²) >= 11 is 0. The Bertz CT molecular complexity index is 793. The van der Waals surface area contributed by atoms with Crippen molar-refractivity contribution in [2.24, 2.45) is 0 Å². The first kappa shape index (κ1) is 21.0. The van der Waals surface area contributed by atoms with Crippen molar-refractivity contribution in [1.82, 2.24) is 20.4 Å². The molecule has 1 aromatic carbocycles. The van der Waals surface area contributed by atoms with Gasteiger partial charge in [0, 0.05) is 44.5 Å². The number of aryl methyl sites for hydroxylation is 2. The maximum absolute atomic E-state index is 12.6. The summed E-state index contributed by atoms with van der Waals surface area (Å²) in [7, 11) is 0. The van der Waals surface area contributed by atoms with E-state index in [1.807, 2.05) is 29.2 Å². The third kappa shape index (κ3) is 6.41. The Kier molecular flexibility index (Phi) is 7.78. The highest BCUT2D eigenvalue weighted by Gasteiger charge is 2.17. The first-order valence-electron chi connectivity index (χ1n) is 10.6. The second-order valence-corrected chi connectivity index (χ2v) is 7.53. The minimum atomic E-state index is -0.0649. The van der Waals surface area contributed by atoms with Crippen molar-refractivity contribution in [3.05, 3.63) is 47.1 Å². The third-order valence-electron chi connectivity index (χ3n) is 5.13. The van der Waals surface area contributed by atoms with Crippen LogP contribution in [0.3, 0.4) is 0 Å². The number of nitrogens with one attached hydrogen (secondary N) is 1. The highest BCUT2D eigenvalue weighted by Crippen LogP contribution is 2.14. The average Bonchev–Trinajstić information content (AvgIpc) is 3.01. The summed E-state index contributed by atoms with van der Waals surface area (Å²) < 4.78 is 5.15. The number of benzene rings is 1. The molecule has 156 valence electrons. The maximum Gasteiger partial charge on any atom is 0.253 e. The molecule has 0 atom stereocenters. The van der Waals surface area contributed by atoms with Crippen LogP contribution in [0, 0.1) is 0 Å². The Morgan fingerprint density at radius 1 is 1.07 bits per heavy atom. The molecule has 0 aliphatic carbocycles. The van der Waals surface area contributed by atoms with Gasteiger partial charge in [-0.05, 0) is 37.0 Å². The summed E-state index contributed by atoms with van der Waals surface area (Å²) in [5.41, 5.74) is 1.68. The maximum atomic E-state index is 12.6. The summed E-state index contributed by atoms with van der Waals surface area (Å²) in [6.07, 6.45) is 7.06. The molecule has 0 unspecified atom stereocenters. The zero-order valence-corrected chi connectivity index (χ0v) is 17.2. The van der Waals surface area contributed by atoms with Crippen LogP contribution in [0.1, 0.15) is 73.1 Å². The van der Waals surface area contributed by atoms with Crippen LogP contribution in [-0.2, 0) is 24.2 Å². The highest BCUT2D eigenvalue weighted by atomic mass is 16.5. The largest absolute Gasteiger partial charge is 0.352 e. The molecule has 1 aliphatic rings. The fourth-order valence-corrected chi connectivity index (χ4v) is 3.45. The summed E-state index contributed by atoms with van der Waals surface area (Å²) in [6.45, 7) is 4.18. The molecule has 7 heteroatoms. The molecule has 0 spiro atoms. The minimum absolute atomic E-state index is 0.0649. The number of hydrogen-bond acceptors (Lipinski definition) is 5. The minimum Gasteiger partial charge on any atom is -0.352 e. The van der Waals surface area contributed by atoms with E-state index < -0.39 is 0 Å². The van der Waals surface area contributed by atoms with Crippen LogP contribution in [0.5, 0.6) is 0 Å². The Morgan fingerprint density at radius 3 is 2.48 bits per heavy atom. The van der Waals surface area contributed by atoms with E-state index in [1.54, 1.807) is 0 Å². The first-order chi connectivity index (χ1) is 14.2. The molecular formula is C22H30N4O3. The Morgan fingerprint density at radius 2 is 1.79 bits per heavy atom. The molecule has 0 radical (unpaired) electrons. The Balaban J connectivity index is 1.43. The number of aromatic nitrogens is 2. The van der Waals surface area contributed by atoms with Crippen molar-refractivity contribution in [1.29, 1.82) is 0 Å². The summed E-state index contributed by atoms with van der Waals surface area (Å²) in [4.78, 5) is 30.9. The van der Waals surface area contributed by atoms with Gasteiger partial charge in [0.15, 0.2) is 5.82 Å². The van der Waals surface area contributed by atoms with Gasteiger partial charge in [0.1, 0.15) is 0 Å². The highest BCUT2D eigenvalue weighted by molar-refractivity contribution is 5.94. The predicted octanol–water partition coefficient (Wildman–Crippen LogP) is 3.29.